The average Bonchev–Trinajstić information content (AvgIpc) is 2.38. The number of piperazine rings is 1. The second kappa shape index (κ2) is 6.46. The Morgan fingerprint density at radius 2 is 1.71 bits per heavy atom. The van der Waals surface area contributed by atoms with Crippen LogP contribution < -0.4 is 5.32 Å². The maximum atomic E-state index is 13.3. The topological polar surface area (TPSA) is 15.3 Å². The maximum Gasteiger partial charge on any atom is 0.416 e. The van der Waals surface area contributed by atoms with Crippen molar-refractivity contribution >= 4 is 11.6 Å². The van der Waals surface area contributed by atoms with Gasteiger partial charge in [-0.3, -0.25) is 4.90 Å². The van der Waals surface area contributed by atoms with Crippen molar-refractivity contribution in [3.05, 3.63) is 34.3 Å². The van der Waals surface area contributed by atoms with Crippen LogP contribution >= 0.6 is 11.6 Å². The van der Waals surface area contributed by atoms with Crippen LogP contribution in [-0.4, -0.2) is 37.5 Å². The van der Waals surface area contributed by atoms with E-state index in [4.69, 9.17) is 11.6 Å². The van der Waals surface area contributed by atoms with Gasteiger partial charge in [0.05, 0.1) is 11.6 Å². The van der Waals surface area contributed by atoms with Gasteiger partial charge in [-0.25, -0.2) is 8.78 Å². The van der Waals surface area contributed by atoms with Crippen molar-refractivity contribution in [1.29, 1.82) is 0 Å². The van der Waals surface area contributed by atoms with Gasteiger partial charge in [-0.05, 0) is 23.8 Å². The molecule has 2 rings (SSSR count). The molecule has 0 spiro atoms. The fourth-order valence-electron chi connectivity index (χ4n) is 2.42. The van der Waals surface area contributed by atoms with E-state index in [-0.39, 0.29) is 10.6 Å². The summed E-state index contributed by atoms with van der Waals surface area (Å²) in [6, 6.07) is 1.29. The molecule has 1 atom stereocenters. The van der Waals surface area contributed by atoms with Gasteiger partial charge >= 0.3 is 6.18 Å². The molecule has 1 heterocycles. The largest absolute Gasteiger partial charge is 0.416 e. The number of hydrogen-bond acceptors (Lipinski definition) is 2. The van der Waals surface area contributed by atoms with E-state index in [0.29, 0.717) is 26.2 Å². The Morgan fingerprint density at radius 1 is 1.10 bits per heavy atom. The molecule has 0 saturated carbocycles. The molecule has 0 amide bonds. The number of nitrogens with one attached hydrogen (secondary N) is 1. The zero-order valence-corrected chi connectivity index (χ0v) is 11.7. The predicted octanol–water partition coefficient (Wildman–Crippen LogP) is 3.57. The highest BCUT2D eigenvalue weighted by Crippen LogP contribution is 2.36. The molecule has 1 fully saturated rings. The normalized spacial score (nSPS) is 19.0. The maximum absolute atomic E-state index is 13.3. The van der Waals surface area contributed by atoms with Gasteiger partial charge in [-0.1, -0.05) is 11.6 Å². The first kappa shape index (κ1) is 16.5. The Balaban J connectivity index is 2.38. The summed E-state index contributed by atoms with van der Waals surface area (Å²) < 4.78 is 65.0. The van der Waals surface area contributed by atoms with Crippen LogP contribution in [-0.2, 0) is 6.18 Å². The zero-order chi connectivity index (χ0) is 15.6. The molecule has 0 aromatic heterocycles. The molecular formula is C13H14ClF5N2. The third-order valence-electron chi connectivity index (χ3n) is 3.37. The summed E-state index contributed by atoms with van der Waals surface area (Å²) in [5.41, 5.74) is -1.11. The summed E-state index contributed by atoms with van der Waals surface area (Å²) in [7, 11) is 0. The molecule has 1 aromatic rings. The highest BCUT2D eigenvalue weighted by molar-refractivity contribution is 6.30. The van der Waals surface area contributed by atoms with Crippen LogP contribution in [0.2, 0.25) is 5.02 Å². The summed E-state index contributed by atoms with van der Waals surface area (Å²) >= 11 is 5.67. The van der Waals surface area contributed by atoms with E-state index in [0.717, 1.165) is 12.1 Å². The second-order valence-corrected chi connectivity index (χ2v) is 5.27. The van der Waals surface area contributed by atoms with Gasteiger partial charge < -0.3 is 5.32 Å². The molecule has 1 N–H and O–H groups in total. The van der Waals surface area contributed by atoms with Crippen LogP contribution in [0, 0.1) is 0 Å². The van der Waals surface area contributed by atoms with Gasteiger partial charge in [0.15, 0.2) is 0 Å². The van der Waals surface area contributed by atoms with Crippen molar-refractivity contribution in [3.63, 3.8) is 0 Å². The summed E-state index contributed by atoms with van der Waals surface area (Å²) in [6.45, 7) is 1.75. The molecular weight excluding hydrogens is 315 g/mol. The predicted molar refractivity (Wildman–Crippen MR) is 69.6 cm³/mol. The molecule has 118 valence electrons. The Bertz CT molecular complexity index is 486. The number of hydrogen-bond donors (Lipinski definition) is 1. The van der Waals surface area contributed by atoms with Crippen molar-refractivity contribution in [2.45, 2.75) is 18.6 Å². The number of halogens is 6. The van der Waals surface area contributed by atoms with Gasteiger partial charge in [0.1, 0.15) is 0 Å². The van der Waals surface area contributed by atoms with Crippen LogP contribution in [0.4, 0.5) is 22.0 Å². The van der Waals surface area contributed by atoms with E-state index < -0.39 is 24.2 Å². The summed E-state index contributed by atoms with van der Waals surface area (Å²) in [5, 5.41) is 2.82. The molecule has 0 aliphatic carbocycles. The second-order valence-electron chi connectivity index (χ2n) is 4.84. The molecule has 2 nitrogen and oxygen atoms in total. The lowest BCUT2D eigenvalue weighted by molar-refractivity contribution is -0.137. The standard InChI is InChI=1S/C13H14ClF5N2/c14-10-6-8(5-9(7-10)13(17,18)19)11(12(15)16)21-3-1-20-2-4-21/h5-7,11-12,20H,1-4H2/t11-/m1/s1. The zero-order valence-electron chi connectivity index (χ0n) is 10.9. The van der Waals surface area contributed by atoms with Gasteiger partial charge in [0.25, 0.3) is 6.43 Å². The third kappa shape index (κ3) is 4.05. The Kier molecular flexibility index (Phi) is 5.06. The van der Waals surface area contributed by atoms with E-state index in [1.54, 1.807) is 0 Å². The van der Waals surface area contributed by atoms with E-state index in [1.807, 2.05) is 0 Å². The first-order chi connectivity index (χ1) is 9.79. The monoisotopic (exact) mass is 328 g/mol. The van der Waals surface area contributed by atoms with E-state index in [9.17, 15) is 22.0 Å². The van der Waals surface area contributed by atoms with Crippen molar-refractivity contribution in [3.8, 4) is 0 Å². The van der Waals surface area contributed by atoms with Crippen LogP contribution in [0.5, 0.6) is 0 Å². The SMILES string of the molecule is FC(F)[C@@H](c1cc(Cl)cc(C(F)(F)F)c1)N1CCNCC1. The highest BCUT2D eigenvalue weighted by Gasteiger charge is 2.35. The van der Waals surface area contributed by atoms with Gasteiger partial charge in [0, 0.05) is 31.2 Å². The fourth-order valence-corrected chi connectivity index (χ4v) is 2.67. The molecule has 0 radical (unpaired) electrons. The van der Waals surface area contributed by atoms with E-state index in [1.165, 1.54) is 11.0 Å². The molecule has 1 aliphatic heterocycles. The number of nitrogens with zero attached hydrogens (tertiary/aromatic N) is 1. The number of alkyl halides is 5. The number of benzene rings is 1. The first-order valence-corrected chi connectivity index (χ1v) is 6.77. The Morgan fingerprint density at radius 3 is 2.24 bits per heavy atom. The van der Waals surface area contributed by atoms with Crippen LogP contribution in [0.15, 0.2) is 18.2 Å². The van der Waals surface area contributed by atoms with Crippen molar-refractivity contribution < 1.29 is 22.0 Å². The molecule has 1 saturated heterocycles. The summed E-state index contributed by atoms with van der Waals surface area (Å²) in [5.74, 6) is 0. The Labute approximate surface area is 123 Å². The minimum Gasteiger partial charge on any atom is -0.314 e. The van der Waals surface area contributed by atoms with Crippen LogP contribution in [0.1, 0.15) is 17.2 Å². The Hall–Kier alpha value is -0.920. The third-order valence-corrected chi connectivity index (χ3v) is 3.59. The smallest absolute Gasteiger partial charge is 0.314 e. The lowest BCUT2D eigenvalue weighted by Crippen LogP contribution is -2.46. The first-order valence-electron chi connectivity index (χ1n) is 6.39. The molecule has 8 heteroatoms. The molecule has 0 bridgehead atoms. The van der Waals surface area contributed by atoms with Crippen molar-refractivity contribution in [1.82, 2.24) is 10.2 Å². The van der Waals surface area contributed by atoms with Gasteiger partial charge in [0.2, 0.25) is 0 Å². The van der Waals surface area contributed by atoms with Crippen LogP contribution in [0.3, 0.4) is 0 Å². The van der Waals surface area contributed by atoms with Crippen molar-refractivity contribution in [2.24, 2.45) is 0 Å². The lowest BCUT2D eigenvalue weighted by atomic mass is 10.0. The van der Waals surface area contributed by atoms with Gasteiger partial charge in [-0.15, -0.1) is 0 Å². The average molecular weight is 329 g/mol. The lowest BCUT2D eigenvalue weighted by Gasteiger charge is -2.35. The quantitative estimate of drug-likeness (QED) is 0.853. The van der Waals surface area contributed by atoms with Gasteiger partial charge in [-0.2, -0.15) is 13.2 Å². The minimum atomic E-state index is -4.62. The minimum absolute atomic E-state index is 0.105. The fraction of sp³-hybridized carbons (Fsp3) is 0.538. The van der Waals surface area contributed by atoms with Crippen molar-refractivity contribution in [2.75, 3.05) is 26.2 Å². The molecule has 1 aliphatic rings. The molecule has 0 unspecified atom stereocenters. The number of rotatable bonds is 3. The highest BCUT2D eigenvalue weighted by atomic mass is 35.5. The van der Waals surface area contributed by atoms with E-state index in [2.05, 4.69) is 5.32 Å². The van der Waals surface area contributed by atoms with Crippen LogP contribution in [0.25, 0.3) is 0 Å². The molecule has 1 aromatic carbocycles. The summed E-state index contributed by atoms with van der Waals surface area (Å²) in [6.07, 6.45) is -7.40. The van der Waals surface area contributed by atoms with E-state index >= 15 is 0 Å². The molecule has 21 heavy (non-hydrogen) atoms. The summed E-state index contributed by atoms with van der Waals surface area (Å²) in [4.78, 5) is 1.48.